The van der Waals surface area contributed by atoms with Gasteiger partial charge in [-0.2, -0.15) is 0 Å². The third-order valence-electron chi connectivity index (χ3n) is 3.14. The first kappa shape index (κ1) is 15.5. The summed E-state index contributed by atoms with van der Waals surface area (Å²) in [5.41, 5.74) is 8.05. The van der Waals surface area contributed by atoms with Crippen molar-refractivity contribution in [2.75, 3.05) is 7.05 Å². The highest BCUT2D eigenvalue weighted by Gasteiger charge is 2.10. The molecule has 0 atom stereocenters. The monoisotopic (exact) mass is 306 g/mol. The molecule has 2 aromatic carbocycles. The Hall–Kier alpha value is -1.85. The molecular formula is C16H16F2N2S. The van der Waals surface area contributed by atoms with Crippen molar-refractivity contribution in [3.63, 3.8) is 0 Å². The Morgan fingerprint density at radius 3 is 2.29 bits per heavy atom. The lowest BCUT2D eigenvalue weighted by Gasteiger charge is -2.19. The predicted octanol–water partition coefficient (Wildman–Crippen LogP) is 3.23. The molecule has 5 heteroatoms. The molecule has 0 fully saturated rings. The van der Waals surface area contributed by atoms with E-state index in [1.54, 1.807) is 18.2 Å². The second-order valence-corrected chi connectivity index (χ2v) is 5.40. The molecule has 0 aliphatic carbocycles. The standard InChI is InChI=1S/C16H16F2N2S/c1-20(9-11-2-5-13(17)6-3-11)10-12-4-7-14(18)8-15(12)16(19)21/h2-8H,9-10H2,1H3,(H2,19,21). The van der Waals surface area contributed by atoms with Crippen LogP contribution in [0, 0.1) is 11.6 Å². The van der Waals surface area contributed by atoms with Crippen molar-refractivity contribution in [1.29, 1.82) is 0 Å². The van der Waals surface area contributed by atoms with Gasteiger partial charge in [-0.25, -0.2) is 8.78 Å². The summed E-state index contributed by atoms with van der Waals surface area (Å²) in [5, 5.41) is 0. The number of halogens is 2. The van der Waals surface area contributed by atoms with Crippen LogP contribution in [0.4, 0.5) is 8.78 Å². The summed E-state index contributed by atoms with van der Waals surface area (Å²) in [6.45, 7) is 1.22. The van der Waals surface area contributed by atoms with Gasteiger partial charge in [0.25, 0.3) is 0 Å². The highest BCUT2D eigenvalue weighted by atomic mass is 32.1. The fourth-order valence-corrected chi connectivity index (χ4v) is 2.35. The van der Waals surface area contributed by atoms with Crippen molar-refractivity contribution in [3.05, 3.63) is 70.8 Å². The number of nitrogens with two attached hydrogens (primary N) is 1. The minimum atomic E-state index is -0.359. The molecule has 2 rings (SSSR count). The topological polar surface area (TPSA) is 29.3 Å². The van der Waals surface area contributed by atoms with Gasteiger partial charge in [-0.05, 0) is 42.4 Å². The summed E-state index contributed by atoms with van der Waals surface area (Å²) in [5.74, 6) is -0.613. The van der Waals surface area contributed by atoms with Crippen molar-refractivity contribution in [2.24, 2.45) is 5.73 Å². The molecule has 0 saturated heterocycles. The van der Waals surface area contributed by atoms with Gasteiger partial charge in [-0.3, -0.25) is 4.90 Å². The molecule has 0 spiro atoms. The molecule has 110 valence electrons. The van der Waals surface area contributed by atoms with Crippen LogP contribution in [0.1, 0.15) is 16.7 Å². The quantitative estimate of drug-likeness (QED) is 0.860. The molecular weight excluding hydrogens is 290 g/mol. The minimum absolute atomic E-state index is 0.180. The average Bonchev–Trinajstić information content (AvgIpc) is 2.43. The van der Waals surface area contributed by atoms with E-state index in [1.807, 2.05) is 11.9 Å². The maximum atomic E-state index is 13.3. The van der Waals surface area contributed by atoms with Crippen LogP contribution in [-0.2, 0) is 13.1 Å². The zero-order valence-electron chi connectivity index (χ0n) is 11.6. The zero-order chi connectivity index (χ0) is 15.4. The summed E-state index contributed by atoms with van der Waals surface area (Å²) < 4.78 is 26.1. The van der Waals surface area contributed by atoms with E-state index in [9.17, 15) is 8.78 Å². The number of nitrogens with zero attached hydrogens (tertiary/aromatic N) is 1. The Kier molecular flexibility index (Phi) is 4.98. The van der Waals surface area contributed by atoms with E-state index in [4.69, 9.17) is 18.0 Å². The van der Waals surface area contributed by atoms with Crippen molar-refractivity contribution < 1.29 is 8.78 Å². The van der Waals surface area contributed by atoms with Crippen molar-refractivity contribution >= 4 is 17.2 Å². The zero-order valence-corrected chi connectivity index (χ0v) is 12.5. The fourth-order valence-electron chi connectivity index (χ4n) is 2.16. The van der Waals surface area contributed by atoms with Gasteiger partial charge < -0.3 is 5.73 Å². The summed E-state index contributed by atoms with van der Waals surface area (Å²) >= 11 is 4.96. The molecule has 0 aliphatic heterocycles. The van der Waals surface area contributed by atoms with Crippen LogP contribution in [0.2, 0.25) is 0 Å². The number of rotatable bonds is 5. The van der Waals surface area contributed by atoms with Crippen molar-refractivity contribution in [2.45, 2.75) is 13.1 Å². The Labute approximate surface area is 128 Å². The van der Waals surface area contributed by atoms with Gasteiger partial charge in [0.2, 0.25) is 0 Å². The number of benzene rings is 2. The molecule has 21 heavy (non-hydrogen) atoms. The number of thiocarbonyl (C=S) groups is 1. The maximum absolute atomic E-state index is 13.3. The predicted molar refractivity (Wildman–Crippen MR) is 83.9 cm³/mol. The molecule has 0 saturated carbocycles. The molecule has 0 unspecified atom stereocenters. The maximum Gasteiger partial charge on any atom is 0.123 e. The SMILES string of the molecule is CN(Cc1ccc(F)cc1)Cc1ccc(F)cc1C(N)=S. The summed E-state index contributed by atoms with van der Waals surface area (Å²) in [6, 6.07) is 10.8. The normalized spacial score (nSPS) is 10.9. The van der Waals surface area contributed by atoms with Gasteiger partial charge in [-0.1, -0.05) is 30.4 Å². The average molecular weight is 306 g/mol. The minimum Gasteiger partial charge on any atom is -0.389 e. The molecule has 0 aliphatic rings. The molecule has 0 aromatic heterocycles. The third-order valence-corrected chi connectivity index (χ3v) is 3.36. The van der Waals surface area contributed by atoms with Gasteiger partial charge in [0.05, 0.1) is 0 Å². The van der Waals surface area contributed by atoms with E-state index >= 15 is 0 Å². The largest absolute Gasteiger partial charge is 0.389 e. The summed E-state index contributed by atoms with van der Waals surface area (Å²) in [6.07, 6.45) is 0. The van der Waals surface area contributed by atoms with Gasteiger partial charge in [0, 0.05) is 18.7 Å². The van der Waals surface area contributed by atoms with E-state index in [-0.39, 0.29) is 16.6 Å². The Bertz CT molecular complexity index is 641. The smallest absolute Gasteiger partial charge is 0.123 e. The van der Waals surface area contributed by atoms with Crippen LogP contribution in [0.3, 0.4) is 0 Å². The Morgan fingerprint density at radius 1 is 1.05 bits per heavy atom. The highest BCUT2D eigenvalue weighted by Crippen LogP contribution is 2.15. The first-order chi connectivity index (χ1) is 9.95. The van der Waals surface area contributed by atoms with Crippen molar-refractivity contribution in [3.8, 4) is 0 Å². The van der Waals surface area contributed by atoms with Gasteiger partial charge in [0.1, 0.15) is 16.6 Å². The van der Waals surface area contributed by atoms with Crippen LogP contribution in [0.5, 0.6) is 0 Å². The van der Waals surface area contributed by atoms with Gasteiger partial charge >= 0.3 is 0 Å². The summed E-state index contributed by atoms with van der Waals surface area (Å²) in [4.78, 5) is 2.21. The van der Waals surface area contributed by atoms with Gasteiger partial charge in [-0.15, -0.1) is 0 Å². The lowest BCUT2D eigenvalue weighted by atomic mass is 10.1. The molecule has 2 N–H and O–H groups in total. The Balaban J connectivity index is 2.10. The van der Waals surface area contributed by atoms with Crippen LogP contribution in [0.15, 0.2) is 42.5 Å². The van der Waals surface area contributed by atoms with E-state index < -0.39 is 0 Å². The van der Waals surface area contributed by atoms with E-state index in [1.165, 1.54) is 24.3 Å². The van der Waals surface area contributed by atoms with Crippen LogP contribution < -0.4 is 5.73 Å². The second kappa shape index (κ2) is 6.74. The van der Waals surface area contributed by atoms with E-state index in [0.29, 0.717) is 18.7 Å². The number of hydrogen-bond donors (Lipinski definition) is 1. The van der Waals surface area contributed by atoms with Crippen molar-refractivity contribution in [1.82, 2.24) is 4.90 Å². The van der Waals surface area contributed by atoms with E-state index in [2.05, 4.69) is 0 Å². The molecule has 0 bridgehead atoms. The third kappa shape index (κ3) is 4.31. The van der Waals surface area contributed by atoms with Crippen LogP contribution in [-0.4, -0.2) is 16.9 Å². The second-order valence-electron chi connectivity index (χ2n) is 4.96. The lowest BCUT2D eigenvalue weighted by Crippen LogP contribution is -2.21. The molecule has 0 radical (unpaired) electrons. The number of hydrogen-bond acceptors (Lipinski definition) is 2. The van der Waals surface area contributed by atoms with Gasteiger partial charge in [0.15, 0.2) is 0 Å². The molecule has 0 amide bonds. The summed E-state index contributed by atoms with van der Waals surface area (Å²) in [7, 11) is 1.93. The van der Waals surface area contributed by atoms with Crippen LogP contribution >= 0.6 is 12.2 Å². The first-order valence-electron chi connectivity index (χ1n) is 6.47. The molecule has 0 heterocycles. The molecule has 2 aromatic rings. The lowest BCUT2D eigenvalue weighted by molar-refractivity contribution is 0.318. The Morgan fingerprint density at radius 2 is 1.67 bits per heavy atom. The highest BCUT2D eigenvalue weighted by molar-refractivity contribution is 7.80. The van der Waals surface area contributed by atoms with Crippen LogP contribution in [0.25, 0.3) is 0 Å². The van der Waals surface area contributed by atoms with E-state index in [0.717, 1.165) is 11.1 Å². The fraction of sp³-hybridized carbons (Fsp3) is 0.188. The first-order valence-corrected chi connectivity index (χ1v) is 6.88. The molecule has 2 nitrogen and oxygen atoms in total.